The minimum atomic E-state index is -1.05. The van der Waals surface area contributed by atoms with E-state index in [1.807, 2.05) is 19.1 Å². The molecule has 3 aromatic rings. The van der Waals surface area contributed by atoms with Crippen molar-refractivity contribution in [2.45, 2.75) is 39.5 Å². The van der Waals surface area contributed by atoms with Gasteiger partial charge >= 0.3 is 5.97 Å². The van der Waals surface area contributed by atoms with Gasteiger partial charge < -0.3 is 19.2 Å². The summed E-state index contributed by atoms with van der Waals surface area (Å²) in [5, 5.41) is 3.52. The van der Waals surface area contributed by atoms with E-state index in [0.717, 1.165) is 10.9 Å². The van der Waals surface area contributed by atoms with E-state index in [9.17, 15) is 14.0 Å². The number of benzene rings is 2. The van der Waals surface area contributed by atoms with Crippen LogP contribution in [0.15, 0.2) is 52.9 Å². The van der Waals surface area contributed by atoms with E-state index in [4.69, 9.17) is 13.9 Å². The number of halogens is 1. The monoisotopic (exact) mass is 413 g/mol. The third kappa shape index (κ3) is 4.86. The SMILES string of the molecule is CCOCc1c(C(=O)O[C@H](C)C(=O)N[C@@H](C)c2ccc(F)cc2)oc2ccccc12. The normalized spacial score (nSPS) is 13.1. The minimum Gasteiger partial charge on any atom is -0.449 e. The molecule has 0 saturated carbocycles. The van der Waals surface area contributed by atoms with Gasteiger partial charge in [-0.25, -0.2) is 9.18 Å². The molecule has 1 heterocycles. The maximum Gasteiger partial charge on any atom is 0.375 e. The Kier molecular flexibility index (Phi) is 6.84. The summed E-state index contributed by atoms with van der Waals surface area (Å²) in [5.41, 5.74) is 1.87. The fourth-order valence-electron chi connectivity index (χ4n) is 3.04. The Morgan fingerprint density at radius 2 is 1.80 bits per heavy atom. The summed E-state index contributed by atoms with van der Waals surface area (Å²) in [6.07, 6.45) is -1.05. The summed E-state index contributed by atoms with van der Waals surface area (Å²) in [5.74, 6) is -1.54. The Morgan fingerprint density at radius 3 is 2.50 bits per heavy atom. The molecule has 0 spiro atoms. The molecule has 2 aromatic carbocycles. The first kappa shape index (κ1) is 21.5. The average molecular weight is 413 g/mol. The molecule has 1 N–H and O–H groups in total. The third-order valence-electron chi connectivity index (χ3n) is 4.72. The standard InChI is InChI=1S/C23H24FNO5/c1-4-28-13-19-18-7-5-6-8-20(18)30-21(19)23(27)29-15(3)22(26)25-14(2)16-9-11-17(24)12-10-16/h5-12,14-15H,4,13H2,1-3H3,(H,25,26)/t14-,15+/m0/s1. The summed E-state index contributed by atoms with van der Waals surface area (Å²) >= 11 is 0. The van der Waals surface area contributed by atoms with Crippen molar-refractivity contribution in [1.82, 2.24) is 5.32 Å². The van der Waals surface area contributed by atoms with Crippen LogP contribution in [0.4, 0.5) is 4.39 Å². The number of nitrogens with one attached hydrogen (secondary N) is 1. The van der Waals surface area contributed by atoms with Crippen molar-refractivity contribution in [3.63, 3.8) is 0 Å². The first-order chi connectivity index (χ1) is 14.4. The van der Waals surface area contributed by atoms with Gasteiger partial charge in [0.15, 0.2) is 6.10 Å². The lowest BCUT2D eigenvalue weighted by Crippen LogP contribution is -2.37. The summed E-state index contributed by atoms with van der Waals surface area (Å²) < 4.78 is 29.6. The molecule has 2 atom stereocenters. The molecule has 6 nitrogen and oxygen atoms in total. The van der Waals surface area contributed by atoms with Crippen molar-refractivity contribution in [3.05, 3.63) is 71.2 Å². The van der Waals surface area contributed by atoms with E-state index in [1.165, 1.54) is 19.1 Å². The minimum absolute atomic E-state index is 0.0240. The van der Waals surface area contributed by atoms with Crippen LogP contribution in [-0.4, -0.2) is 24.6 Å². The number of amides is 1. The van der Waals surface area contributed by atoms with Gasteiger partial charge in [0.05, 0.1) is 12.6 Å². The molecule has 3 rings (SSSR count). The lowest BCUT2D eigenvalue weighted by molar-refractivity contribution is -0.129. The maximum atomic E-state index is 13.1. The molecule has 7 heteroatoms. The summed E-state index contributed by atoms with van der Waals surface area (Å²) in [7, 11) is 0. The van der Waals surface area contributed by atoms with Gasteiger partial charge in [0.2, 0.25) is 5.76 Å². The molecule has 0 aliphatic rings. The topological polar surface area (TPSA) is 77.8 Å². The maximum absolute atomic E-state index is 13.1. The predicted molar refractivity (Wildman–Crippen MR) is 109 cm³/mol. The van der Waals surface area contributed by atoms with Gasteiger partial charge in [-0.3, -0.25) is 4.79 Å². The van der Waals surface area contributed by atoms with Crippen molar-refractivity contribution in [3.8, 4) is 0 Å². The molecule has 0 unspecified atom stereocenters. The summed E-state index contributed by atoms with van der Waals surface area (Å²) in [4.78, 5) is 25.2. The molecule has 0 saturated heterocycles. The largest absolute Gasteiger partial charge is 0.449 e. The molecular weight excluding hydrogens is 389 g/mol. The van der Waals surface area contributed by atoms with Crippen molar-refractivity contribution < 1.29 is 27.9 Å². The van der Waals surface area contributed by atoms with Gasteiger partial charge in [-0.15, -0.1) is 0 Å². The van der Waals surface area contributed by atoms with E-state index >= 15 is 0 Å². The number of rotatable bonds is 8. The zero-order valence-electron chi connectivity index (χ0n) is 17.1. The molecule has 0 aliphatic carbocycles. The number of hydrogen-bond acceptors (Lipinski definition) is 5. The Labute approximate surface area is 174 Å². The number of hydrogen-bond donors (Lipinski definition) is 1. The zero-order valence-corrected chi connectivity index (χ0v) is 17.1. The molecular formula is C23H24FNO5. The van der Waals surface area contributed by atoms with Gasteiger partial charge in [0.25, 0.3) is 5.91 Å². The van der Waals surface area contributed by atoms with Crippen LogP contribution in [0.3, 0.4) is 0 Å². The van der Waals surface area contributed by atoms with Crippen molar-refractivity contribution >= 4 is 22.8 Å². The predicted octanol–water partition coefficient (Wildman–Crippen LogP) is 4.53. The highest BCUT2D eigenvalue weighted by molar-refractivity contribution is 5.97. The van der Waals surface area contributed by atoms with Gasteiger partial charge in [0, 0.05) is 17.6 Å². The second-order valence-electron chi connectivity index (χ2n) is 6.87. The highest BCUT2D eigenvalue weighted by atomic mass is 19.1. The Hall–Kier alpha value is -3.19. The molecule has 158 valence electrons. The number of ether oxygens (including phenoxy) is 2. The number of para-hydroxylation sites is 1. The quantitative estimate of drug-likeness (QED) is 0.549. The molecule has 30 heavy (non-hydrogen) atoms. The first-order valence-corrected chi connectivity index (χ1v) is 9.75. The number of furan rings is 1. The number of carbonyl (C=O) groups is 2. The summed E-state index contributed by atoms with van der Waals surface area (Å²) in [6, 6.07) is 12.7. The van der Waals surface area contributed by atoms with Crippen molar-refractivity contribution in [2.24, 2.45) is 0 Å². The molecule has 1 amide bonds. The van der Waals surface area contributed by atoms with Crippen LogP contribution >= 0.6 is 0 Å². The molecule has 0 aliphatic heterocycles. The molecule has 0 bridgehead atoms. The zero-order chi connectivity index (χ0) is 21.7. The Morgan fingerprint density at radius 1 is 1.10 bits per heavy atom. The van der Waals surface area contributed by atoms with Gasteiger partial charge in [-0.05, 0) is 44.5 Å². The smallest absolute Gasteiger partial charge is 0.375 e. The highest BCUT2D eigenvalue weighted by Gasteiger charge is 2.26. The number of esters is 1. The second kappa shape index (κ2) is 9.54. The van der Waals surface area contributed by atoms with Crippen LogP contribution < -0.4 is 5.32 Å². The highest BCUT2D eigenvalue weighted by Crippen LogP contribution is 2.27. The Balaban J connectivity index is 1.70. The van der Waals surface area contributed by atoms with E-state index < -0.39 is 18.0 Å². The first-order valence-electron chi connectivity index (χ1n) is 9.75. The van der Waals surface area contributed by atoms with Crippen LogP contribution in [0.1, 0.15) is 48.5 Å². The molecule has 0 radical (unpaired) electrons. The van der Waals surface area contributed by atoms with Gasteiger partial charge in [-0.1, -0.05) is 30.3 Å². The third-order valence-corrected chi connectivity index (χ3v) is 4.72. The van der Waals surface area contributed by atoms with E-state index in [2.05, 4.69) is 5.32 Å². The van der Waals surface area contributed by atoms with Crippen LogP contribution in [0.5, 0.6) is 0 Å². The van der Waals surface area contributed by atoms with E-state index in [-0.39, 0.29) is 24.2 Å². The second-order valence-corrected chi connectivity index (χ2v) is 6.87. The van der Waals surface area contributed by atoms with Crippen molar-refractivity contribution in [2.75, 3.05) is 6.61 Å². The lowest BCUT2D eigenvalue weighted by Gasteiger charge is -2.18. The summed E-state index contributed by atoms with van der Waals surface area (Å²) in [6.45, 7) is 5.78. The van der Waals surface area contributed by atoms with Crippen LogP contribution in [-0.2, 0) is 20.9 Å². The number of carbonyl (C=O) groups excluding carboxylic acids is 2. The van der Waals surface area contributed by atoms with Crippen LogP contribution in [0.2, 0.25) is 0 Å². The van der Waals surface area contributed by atoms with Gasteiger partial charge in [0.1, 0.15) is 11.4 Å². The van der Waals surface area contributed by atoms with Gasteiger partial charge in [-0.2, -0.15) is 0 Å². The van der Waals surface area contributed by atoms with Crippen LogP contribution in [0, 0.1) is 5.82 Å². The fraction of sp³-hybridized carbons (Fsp3) is 0.304. The fourth-order valence-corrected chi connectivity index (χ4v) is 3.04. The van der Waals surface area contributed by atoms with E-state index in [1.54, 1.807) is 31.2 Å². The van der Waals surface area contributed by atoms with Crippen LogP contribution in [0.25, 0.3) is 11.0 Å². The van der Waals surface area contributed by atoms with E-state index in [0.29, 0.717) is 17.8 Å². The average Bonchev–Trinajstić information content (AvgIpc) is 3.11. The Bertz CT molecular complexity index is 1030. The number of fused-ring (bicyclic) bond motifs is 1. The molecule has 1 aromatic heterocycles. The lowest BCUT2D eigenvalue weighted by atomic mass is 10.1. The van der Waals surface area contributed by atoms with Crippen molar-refractivity contribution in [1.29, 1.82) is 0 Å². The molecule has 0 fully saturated rings.